The summed E-state index contributed by atoms with van der Waals surface area (Å²) in [6, 6.07) is 1.71. The molecule has 5 nitrogen and oxygen atoms in total. The van der Waals surface area contributed by atoms with Gasteiger partial charge in [0.25, 0.3) is 5.91 Å². The number of likely N-dealkylation sites (tertiary alicyclic amines) is 1. The van der Waals surface area contributed by atoms with E-state index in [1.807, 2.05) is 4.90 Å². The number of furan rings is 1. The number of piperidine rings is 1. The lowest BCUT2D eigenvalue weighted by molar-refractivity contribution is -0.129. The lowest BCUT2D eigenvalue weighted by Gasteiger charge is -2.37. The maximum absolute atomic E-state index is 12.3. The highest BCUT2D eigenvalue weighted by Gasteiger charge is 2.45. The Hall–Kier alpha value is -1.78. The smallest absolute Gasteiger partial charge is 0.257 e. The molecule has 1 N–H and O–H groups in total. The summed E-state index contributed by atoms with van der Waals surface area (Å²) in [6.45, 7) is 3.87. The molecule has 0 atom stereocenters. The number of aryl methyl sites for hydroxylation is 1. The standard InChI is InChI=1S/C14H18N2O3/c1-10-11(2-9-19-10)12(17)16-7-4-14(5-8-16)3-6-15-13(14)18/h2,9H,3-8H2,1H3,(H,15,18). The van der Waals surface area contributed by atoms with Crippen molar-refractivity contribution < 1.29 is 14.0 Å². The summed E-state index contributed by atoms with van der Waals surface area (Å²) in [5.41, 5.74) is 0.411. The summed E-state index contributed by atoms with van der Waals surface area (Å²) in [5.74, 6) is 0.836. The molecule has 19 heavy (non-hydrogen) atoms. The molecule has 2 aliphatic rings. The van der Waals surface area contributed by atoms with Gasteiger partial charge in [-0.2, -0.15) is 0 Å². The van der Waals surface area contributed by atoms with Crippen LogP contribution in [0.4, 0.5) is 0 Å². The molecule has 2 saturated heterocycles. The maximum atomic E-state index is 12.3. The number of nitrogens with one attached hydrogen (secondary N) is 1. The first-order chi connectivity index (χ1) is 9.12. The van der Waals surface area contributed by atoms with Crippen molar-refractivity contribution in [1.82, 2.24) is 10.2 Å². The van der Waals surface area contributed by atoms with E-state index in [1.165, 1.54) is 0 Å². The van der Waals surface area contributed by atoms with E-state index in [9.17, 15) is 9.59 Å². The highest BCUT2D eigenvalue weighted by atomic mass is 16.3. The van der Waals surface area contributed by atoms with E-state index in [0.717, 1.165) is 25.8 Å². The van der Waals surface area contributed by atoms with Gasteiger partial charge < -0.3 is 14.6 Å². The third-order valence-corrected chi connectivity index (χ3v) is 4.47. The van der Waals surface area contributed by atoms with Gasteiger partial charge in [0.2, 0.25) is 5.91 Å². The molecular formula is C14H18N2O3. The van der Waals surface area contributed by atoms with E-state index < -0.39 is 0 Å². The summed E-state index contributed by atoms with van der Waals surface area (Å²) in [4.78, 5) is 26.0. The minimum Gasteiger partial charge on any atom is -0.469 e. The zero-order chi connectivity index (χ0) is 13.5. The minimum absolute atomic E-state index is 0.0134. The topological polar surface area (TPSA) is 62.6 Å². The Morgan fingerprint density at radius 1 is 1.37 bits per heavy atom. The summed E-state index contributed by atoms with van der Waals surface area (Å²) >= 11 is 0. The van der Waals surface area contributed by atoms with Crippen LogP contribution in [0.25, 0.3) is 0 Å². The molecular weight excluding hydrogens is 244 g/mol. The van der Waals surface area contributed by atoms with Crippen LogP contribution < -0.4 is 5.32 Å². The van der Waals surface area contributed by atoms with Gasteiger partial charge in [-0.1, -0.05) is 0 Å². The van der Waals surface area contributed by atoms with Crippen molar-refractivity contribution in [2.24, 2.45) is 5.41 Å². The number of carbonyl (C=O) groups is 2. The number of hydrogen-bond donors (Lipinski definition) is 1. The molecule has 0 bridgehead atoms. The third kappa shape index (κ3) is 1.93. The van der Waals surface area contributed by atoms with Gasteiger partial charge in [-0.05, 0) is 32.3 Å². The molecule has 1 aromatic heterocycles. The second-order valence-corrected chi connectivity index (χ2v) is 5.47. The van der Waals surface area contributed by atoms with Crippen molar-refractivity contribution in [1.29, 1.82) is 0 Å². The van der Waals surface area contributed by atoms with E-state index in [2.05, 4.69) is 5.32 Å². The van der Waals surface area contributed by atoms with E-state index >= 15 is 0 Å². The SMILES string of the molecule is Cc1occc1C(=O)N1CCC2(CCNC2=O)CC1. The zero-order valence-electron chi connectivity index (χ0n) is 11.1. The molecule has 1 spiro atoms. The number of nitrogens with zero attached hydrogens (tertiary/aromatic N) is 1. The molecule has 0 radical (unpaired) electrons. The summed E-state index contributed by atoms with van der Waals surface area (Å²) < 4.78 is 5.18. The van der Waals surface area contributed by atoms with Gasteiger partial charge in [-0.25, -0.2) is 0 Å². The van der Waals surface area contributed by atoms with Crippen molar-refractivity contribution in [3.8, 4) is 0 Å². The lowest BCUT2D eigenvalue weighted by atomic mass is 9.77. The Bertz CT molecular complexity index is 513. The number of rotatable bonds is 1. The molecule has 102 valence electrons. The minimum atomic E-state index is -0.220. The summed E-state index contributed by atoms with van der Waals surface area (Å²) in [6.07, 6.45) is 3.97. The first kappa shape index (κ1) is 12.3. The first-order valence-corrected chi connectivity index (χ1v) is 6.74. The Labute approximate surface area is 111 Å². The largest absolute Gasteiger partial charge is 0.469 e. The van der Waals surface area contributed by atoms with Crippen LogP contribution >= 0.6 is 0 Å². The molecule has 0 aromatic carbocycles. The highest BCUT2D eigenvalue weighted by Crippen LogP contribution is 2.38. The fourth-order valence-electron chi connectivity index (χ4n) is 3.11. The summed E-state index contributed by atoms with van der Waals surface area (Å²) in [7, 11) is 0. The molecule has 5 heteroatoms. The molecule has 3 heterocycles. The zero-order valence-corrected chi connectivity index (χ0v) is 11.1. The first-order valence-electron chi connectivity index (χ1n) is 6.74. The predicted octanol–water partition coefficient (Wildman–Crippen LogP) is 1.33. The molecule has 2 amide bonds. The van der Waals surface area contributed by atoms with E-state index in [0.29, 0.717) is 24.4 Å². The van der Waals surface area contributed by atoms with E-state index in [4.69, 9.17) is 4.42 Å². The van der Waals surface area contributed by atoms with Crippen molar-refractivity contribution in [3.63, 3.8) is 0 Å². The van der Waals surface area contributed by atoms with Gasteiger partial charge in [-0.15, -0.1) is 0 Å². The number of carbonyl (C=O) groups excluding carboxylic acids is 2. The van der Waals surface area contributed by atoms with Crippen LogP contribution in [0.1, 0.15) is 35.4 Å². The second-order valence-electron chi connectivity index (χ2n) is 5.47. The van der Waals surface area contributed by atoms with Crippen molar-refractivity contribution in [2.75, 3.05) is 19.6 Å². The summed E-state index contributed by atoms with van der Waals surface area (Å²) in [5, 5.41) is 2.90. The van der Waals surface area contributed by atoms with Crippen LogP contribution in [0.15, 0.2) is 16.7 Å². The Morgan fingerprint density at radius 3 is 2.63 bits per heavy atom. The van der Waals surface area contributed by atoms with Crippen LogP contribution in [0, 0.1) is 12.3 Å². The number of amides is 2. The average molecular weight is 262 g/mol. The van der Waals surface area contributed by atoms with Crippen LogP contribution in [0.2, 0.25) is 0 Å². The van der Waals surface area contributed by atoms with Gasteiger partial charge in [0.15, 0.2) is 0 Å². The quantitative estimate of drug-likeness (QED) is 0.830. The second kappa shape index (κ2) is 4.40. The molecule has 2 fully saturated rings. The van der Waals surface area contributed by atoms with Gasteiger partial charge in [0, 0.05) is 19.6 Å². The van der Waals surface area contributed by atoms with Crippen LogP contribution in [-0.4, -0.2) is 36.3 Å². The van der Waals surface area contributed by atoms with Crippen LogP contribution in [0.5, 0.6) is 0 Å². The maximum Gasteiger partial charge on any atom is 0.257 e. The third-order valence-electron chi connectivity index (χ3n) is 4.47. The van der Waals surface area contributed by atoms with Crippen LogP contribution in [0.3, 0.4) is 0 Å². The lowest BCUT2D eigenvalue weighted by Crippen LogP contribution is -2.46. The average Bonchev–Trinajstić information content (AvgIpc) is 2.98. The van der Waals surface area contributed by atoms with Crippen molar-refractivity contribution >= 4 is 11.8 Å². The van der Waals surface area contributed by atoms with Gasteiger partial charge >= 0.3 is 0 Å². The normalized spacial score (nSPS) is 21.7. The monoisotopic (exact) mass is 262 g/mol. The molecule has 1 aromatic rings. The Morgan fingerprint density at radius 2 is 2.11 bits per heavy atom. The number of hydrogen-bond acceptors (Lipinski definition) is 3. The van der Waals surface area contributed by atoms with Gasteiger partial charge in [0.1, 0.15) is 5.76 Å². The van der Waals surface area contributed by atoms with E-state index in [1.54, 1.807) is 19.3 Å². The molecule has 2 aliphatic heterocycles. The van der Waals surface area contributed by atoms with Gasteiger partial charge in [0.05, 0.1) is 17.2 Å². The fraction of sp³-hybridized carbons (Fsp3) is 0.571. The Balaban J connectivity index is 1.69. The molecule has 3 rings (SSSR count). The predicted molar refractivity (Wildman–Crippen MR) is 68.6 cm³/mol. The molecule has 0 aliphatic carbocycles. The Kier molecular flexibility index (Phi) is 2.84. The highest BCUT2D eigenvalue weighted by molar-refractivity contribution is 5.95. The van der Waals surface area contributed by atoms with Gasteiger partial charge in [-0.3, -0.25) is 9.59 Å². The molecule has 0 unspecified atom stereocenters. The fourth-order valence-corrected chi connectivity index (χ4v) is 3.11. The van der Waals surface area contributed by atoms with Crippen molar-refractivity contribution in [3.05, 3.63) is 23.7 Å². The van der Waals surface area contributed by atoms with Crippen LogP contribution in [-0.2, 0) is 4.79 Å². The van der Waals surface area contributed by atoms with Crippen molar-refractivity contribution in [2.45, 2.75) is 26.2 Å². The van der Waals surface area contributed by atoms with E-state index in [-0.39, 0.29) is 17.2 Å². The molecule has 0 saturated carbocycles.